The number of nitrogens with two attached hydrogens (primary N) is 1. The van der Waals surface area contributed by atoms with Crippen molar-refractivity contribution in [2.45, 2.75) is 217 Å². The van der Waals surface area contributed by atoms with Gasteiger partial charge in [0.1, 0.15) is 50.3 Å². The van der Waals surface area contributed by atoms with Gasteiger partial charge in [-0.05, 0) is 121 Å². The van der Waals surface area contributed by atoms with Crippen molar-refractivity contribution < 1.29 is 106 Å². The van der Waals surface area contributed by atoms with Crippen molar-refractivity contribution >= 4 is 20.5 Å². The van der Waals surface area contributed by atoms with Crippen LogP contribution in [0.3, 0.4) is 0 Å². The molecule has 8 N–H and O–H groups in total. The first kappa shape index (κ1) is 98.8. The summed E-state index contributed by atoms with van der Waals surface area (Å²) in [6.07, 6.45) is -0.736. The van der Waals surface area contributed by atoms with Crippen LogP contribution >= 0.6 is 8.53 Å². The van der Waals surface area contributed by atoms with Gasteiger partial charge in [-0.3, -0.25) is 57.4 Å². The smallest absolute Gasteiger partial charge is 0.870 e. The zero-order valence-electron chi connectivity index (χ0n) is 67.5. The van der Waals surface area contributed by atoms with E-state index in [1.807, 2.05) is 79.7 Å². The fraction of sp³-hybridized carbons (Fsp3) is 0.597. The Kier molecular flexibility index (Phi) is 40.2. The summed E-state index contributed by atoms with van der Waals surface area (Å²) in [7, 11) is -1.40. The Morgan fingerprint density at radius 1 is 0.509 bits per heavy atom. The number of nitrogens with one attached hydrogen (secondary N) is 4. The number of benzene rings is 2. The number of aromatic amines is 4. The molecule has 4 aliphatic heterocycles. The van der Waals surface area contributed by atoms with E-state index in [0.29, 0.717) is 66.4 Å². The van der Waals surface area contributed by atoms with Gasteiger partial charge in [-0.2, -0.15) is 0 Å². The van der Waals surface area contributed by atoms with E-state index in [-0.39, 0.29) is 124 Å². The molecule has 2 aromatic carbocycles. The second-order valence-corrected chi connectivity index (χ2v) is 29.4. The van der Waals surface area contributed by atoms with E-state index >= 15 is 0 Å². The molecule has 0 aliphatic carbocycles. The molecule has 0 amide bonds. The van der Waals surface area contributed by atoms with E-state index in [1.54, 1.807) is 58.9 Å². The van der Waals surface area contributed by atoms with Gasteiger partial charge in [0.05, 0.1) is 48.7 Å². The molecule has 626 valence electrons. The van der Waals surface area contributed by atoms with Gasteiger partial charge in [0.2, 0.25) is 6.54 Å². The predicted molar refractivity (Wildman–Crippen MR) is 418 cm³/mol. The molecular formula is C77H113N11NaO24P. The number of aromatic nitrogens is 8. The van der Waals surface area contributed by atoms with Gasteiger partial charge >= 0.3 is 64.3 Å². The summed E-state index contributed by atoms with van der Waals surface area (Å²) in [4.78, 5) is 133. The van der Waals surface area contributed by atoms with E-state index in [1.165, 1.54) is 43.1 Å². The van der Waals surface area contributed by atoms with Crippen LogP contribution in [0.2, 0.25) is 0 Å². The molecule has 6 aromatic rings. The largest absolute Gasteiger partial charge is 1.00 e. The topological polar surface area (TPSA) is 448 Å². The van der Waals surface area contributed by atoms with Crippen LogP contribution in [-0.2, 0) is 56.4 Å². The standard InChI is InChI=1S/C22H37N4O6P.C21H26N2O6.C20H25N3O6.C13H20N2O5.CH4.Na.H2O/c1-9-29-19-17(7)18(32-21(19)25-12-16(6)20(27)24-22(25)28)13-31-33(30-11-10-23-8)26(14(2)3)15(4)5;1-5-27-17-14(4)16(11-28-20(25)15-8-6-12(2)7-9-15)29-19(17)23-10-13(3)18(24)22-21(23)26;1-4-27-16-15(21)14(10-28-19(25)13-7-5-11(2)6-8-13)29-18(16)23-9-12(3)17(24)22-20(23)26;1-4-19-10-8(3)9(6-16)20-12(10)15-5-7(2)11(17)14-13(15)18;;;/h12,14-15,17-19,21H,9-11,13H2,1-7H3,(H,24,27,28);6-10,14,16-17,19H,5,11H2,1-4H3,(H,22,24,26);5-9,14-16,18H,4,10,21H2,1-3H3,(H,22,24,26);5,8-10,12,16H,4,6H2,1-3H3,(H,14,17,18);1H4;;1H2/q;;;;;+1;/p-1/t17-,18-,19-,21-,33?;14-,16-,17-,19-;14-,15-,16-,18-;8-,9-,10-,12-;;;/m1111.../s1. The van der Waals surface area contributed by atoms with Crippen molar-refractivity contribution in [2.75, 3.05) is 66.0 Å². The Hall–Kier alpha value is -7.54. The monoisotopic (exact) mass is 1630 g/mol. The Balaban J connectivity index is 0.000000321. The maximum absolute atomic E-state index is 12.5. The van der Waals surface area contributed by atoms with Crippen molar-refractivity contribution in [2.24, 2.45) is 23.5 Å². The van der Waals surface area contributed by atoms with Gasteiger partial charge < -0.3 is 77.6 Å². The number of aliphatic hydroxyl groups excluding tert-OH is 1. The summed E-state index contributed by atoms with van der Waals surface area (Å²) in [5, 5.41) is 9.33. The Bertz CT molecular complexity index is 4430. The van der Waals surface area contributed by atoms with E-state index in [0.717, 1.165) is 11.1 Å². The number of ether oxygens (including phenoxy) is 10. The van der Waals surface area contributed by atoms with Crippen LogP contribution in [0.4, 0.5) is 0 Å². The SMILES string of the molecule is C.CCO[C@@H]1[C@H](C)[C@@H](CO)O[C@H]1n1cc(C)c(=O)[nH]c1=O.CCO[C@@H]1[C@H](C)[C@@H](COC(=O)c2ccc(C)cc2)O[C@H]1n1cc(C)c(=O)[nH]c1=O.CCO[C@@H]1[C@H](N)[C@@H](COC(=O)c2ccc(C)cc2)O[C@H]1n1cc(C)c(=O)[nH]c1=O.[C-]#[N+]CCOP(OC[C@H]1O[C@@H](n2cc(C)c(=O)[nH]c2=O)[C@H](OCC)[C@@H]1C)N(C(C)C)C(C)C.[Na+].[OH-]. The number of carbonyl (C=O) groups is 2. The Morgan fingerprint density at radius 3 is 1.13 bits per heavy atom. The van der Waals surface area contributed by atoms with Crippen LogP contribution in [-0.4, -0.2) is 198 Å². The number of aliphatic hydroxyl groups is 1. The molecule has 1 unspecified atom stereocenters. The number of carbonyl (C=O) groups excluding carboxylic acids is 2. The molecule has 0 spiro atoms. The van der Waals surface area contributed by atoms with E-state index in [4.69, 9.17) is 68.7 Å². The van der Waals surface area contributed by atoms with Gasteiger partial charge in [-0.1, -0.05) is 63.6 Å². The normalized spacial score (nSPS) is 24.3. The first-order valence-electron chi connectivity index (χ1n) is 37.1. The van der Waals surface area contributed by atoms with Crippen LogP contribution in [0, 0.1) is 65.9 Å². The zero-order valence-corrected chi connectivity index (χ0v) is 70.4. The number of nitrogens with zero attached hydrogens (tertiary/aromatic N) is 6. The molecular weight excluding hydrogens is 1520 g/mol. The summed E-state index contributed by atoms with van der Waals surface area (Å²) in [6.45, 7) is 41.2. The van der Waals surface area contributed by atoms with Crippen LogP contribution in [0.5, 0.6) is 0 Å². The third-order valence-electron chi connectivity index (χ3n) is 19.1. The van der Waals surface area contributed by atoms with Crippen molar-refractivity contribution in [1.29, 1.82) is 0 Å². The number of hydrogen-bond donors (Lipinski definition) is 6. The number of rotatable bonds is 28. The van der Waals surface area contributed by atoms with Gasteiger partial charge in [0, 0.05) is 103 Å². The van der Waals surface area contributed by atoms with Crippen LogP contribution in [0.1, 0.15) is 163 Å². The van der Waals surface area contributed by atoms with Crippen LogP contribution < -0.4 is 80.3 Å². The zero-order chi connectivity index (χ0) is 81.8. The molecule has 4 saturated heterocycles. The molecule has 10 rings (SSSR count). The first-order chi connectivity index (χ1) is 52.7. The summed E-state index contributed by atoms with van der Waals surface area (Å²) in [5.74, 6) is -1.18. The maximum Gasteiger partial charge on any atom is 1.00 e. The average molecular weight is 1630 g/mol. The number of H-pyrrole nitrogens is 4. The molecule has 17 atom stereocenters. The average Bonchev–Trinajstić information content (AvgIpc) is 1.65. The summed E-state index contributed by atoms with van der Waals surface area (Å²) in [6, 6.07) is 13.9. The Morgan fingerprint density at radius 2 is 0.807 bits per heavy atom. The Labute approximate surface area is 684 Å². The summed E-state index contributed by atoms with van der Waals surface area (Å²) >= 11 is 0. The minimum absolute atomic E-state index is 0. The van der Waals surface area contributed by atoms with E-state index in [9.17, 15) is 53.1 Å². The minimum atomic E-state index is -1.40. The van der Waals surface area contributed by atoms with E-state index < -0.39 is 127 Å². The first-order valence-corrected chi connectivity index (χ1v) is 38.2. The van der Waals surface area contributed by atoms with Crippen LogP contribution in [0.25, 0.3) is 4.85 Å². The molecule has 35 nitrogen and oxygen atoms in total. The van der Waals surface area contributed by atoms with Gasteiger partial charge in [-0.25, -0.2) is 40.0 Å². The van der Waals surface area contributed by atoms with Crippen molar-refractivity contribution in [1.82, 2.24) is 42.9 Å². The number of aryl methyl sites for hydroxylation is 6. The second kappa shape index (κ2) is 46.4. The quantitative estimate of drug-likeness (QED) is 0.0135. The fourth-order valence-corrected chi connectivity index (χ4v) is 14.6. The molecule has 114 heavy (non-hydrogen) atoms. The predicted octanol–water partition coefficient (Wildman–Crippen LogP) is 2.91. The number of esters is 2. The molecule has 4 aromatic heterocycles. The molecule has 8 heterocycles. The number of hydrogen-bond acceptors (Lipinski definition) is 26. The fourth-order valence-electron chi connectivity index (χ4n) is 13.0. The second-order valence-electron chi connectivity index (χ2n) is 27.9. The van der Waals surface area contributed by atoms with Crippen molar-refractivity contribution in [3.63, 3.8) is 0 Å². The minimum Gasteiger partial charge on any atom is -0.870 e. The van der Waals surface area contributed by atoms with Gasteiger partial charge in [0.25, 0.3) is 30.8 Å². The van der Waals surface area contributed by atoms with Gasteiger partial charge in [-0.15, -0.1) is 0 Å². The molecule has 4 fully saturated rings. The summed E-state index contributed by atoms with van der Waals surface area (Å²) in [5.41, 5.74) is 6.83. The molecule has 37 heteroatoms. The van der Waals surface area contributed by atoms with E-state index in [2.05, 4.69) is 57.1 Å². The third kappa shape index (κ3) is 25.2. The summed E-state index contributed by atoms with van der Waals surface area (Å²) < 4.78 is 77.5. The maximum atomic E-state index is 12.5. The van der Waals surface area contributed by atoms with Crippen molar-refractivity contribution in [3.05, 3.63) is 213 Å². The molecule has 0 bridgehead atoms. The van der Waals surface area contributed by atoms with Gasteiger partial charge in [0.15, 0.2) is 24.9 Å². The van der Waals surface area contributed by atoms with Crippen LogP contribution in [0.15, 0.2) is 112 Å². The molecule has 0 radical (unpaired) electrons. The van der Waals surface area contributed by atoms with Crippen molar-refractivity contribution in [3.8, 4) is 0 Å². The molecule has 4 aliphatic rings. The molecule has 0 saturated carbocycles. The third-order valence-corrected chi connectivity index (χ3v) is 21.2.